The Hall–Kier alpha value is 0.180. The fourth-order valence-electron chi connectivity index (χ4n) is 1.78. The second-order valence-electron chi connectivity index (χ2n) is 3.98. The Kier molecular flexibility index (Phi) is 4.59. The molecule has 0 amide bonds. The van der Waals surface area contributed by atoms with E-state index in [0.29, 0.717) is 11.0 Å². The first-order chi connectivity index (χ1) is 8.43. The van der Waals surface area contributed by atoms with Crippen molar-refractivity contribution in [3.8, 4) is 0 Å². The first kappa shape index (κ1) is 14.6. The summed E-state index contributed by atoms with van der Waals surface area (Å²) in [5.41, 5.74) is 0. The van der Waals surface area contributed by atoms with Gasteiger partial charge in [0.1, 0.15) is 10.0 Å². The lowest BCUT2D eigenvalue weighted by atomic mass is 10.4. The minimum absolute atomic E-state index is 0.0172. The lowest BCUT2D eigenvalue weighted by Crippen LogP contribution is -2.44. The van der Waals surface area contributed by atoms with Gasteiger partial charge in [-0.15, -0.1) is 0 Å². The second kappa shape index (κ2) is 5.66. The molecule has 0 aliphatic carbocycles. The zero-order valence-electron chi connectivity index (χ0n) is 9.64. The average Bonchev–Trinajstić information content (AvgIpc) is 2.32. The highest BCUT2D eigenvalue weighted by molar-refractivity contribution is 9.10. The maximum absolute atomic E-state index is 12.5. The number of hydrogen-bond donors (Lipinski definition) is 0. The van der Waals surface area contributed by atoms with Crippen molar-refractivity contribution in [3.05, 3.63) is 21.9 Å². The lowest BCUT2D eigenvalue weighted by molar-refractivity contribution is 0.367. The molecule has 0 N–H and O–H groups in total. The average molecular weight is 372 g/mol. The van der Waals surface area contributed by atoms with Crippen LogP contribution >= 0.6 is 39.3 Å². The molecule has 1 aromatic heterocycles. The quantitative estimate of drug-likeness (QED) is 0.750. The van der Waals surface area contributed by atoms with Crippen LogP contribution in [0.4, 0.5) is 0 Å². The number of thioether (sulfide) groups is 1. The van der Waals surface area contributed by atoms with E-state index in [-0.39, 0.29) is 16.1 Å². The molecule has 0 radical (unpaired) electrons. The summed E-state index contributed by atoms with van der Waals surface area (Å²) >= 11 is 10.9. The predicted octanol–water partition coefficient (Wildman–Crippen LogP) is 2.62. The van der Waals surface area contributed by atoms with Gasteiger partial charge in [0, 0.05) is 34.8 Å². The molecule has 1 aromatic rings. The maximum Gasteiger partial charge on any atom is 0.246 e. The molecule has 1 aliphatic rings. The normalized spacial score (nSPS) is 22.1. The summed E-state index contributed by atoms with van der Waals surface area (Å²) < 4.78 is 27.2. The van der Waals surface area contributed by atoms with Crippen LogP contribution in [0.5, 0.6) is 0 Å². The van der Waals surface area contributed by atoms with Gasteiger partial charge in [0.15, 0.2) is 0 Å². The highest BCUT2D eigenvalue weighted by atomic mass is 79.9. The van der Waals surface area contributed by atoms with Gasteiger partial charge in [0.2, 0.25) is 10.0 Å². The first-order valence-corrected chi connectivity index (χ1v) is 9.10. The third kappa shape index (κ3) is 2.85. The third-order valence-electron chi connectivity index (χ3n) is 2.67. The number of nitrogens with zero attached hydrogens (tertiary/aromatic N) is 2. The molecule has 4 nitrogen and oxygen atoms in total. The van der Waals surface area contributed by atoms with E-state index in [2.05, 4.69) is 20.9 Å². The highest BCUT2D eigenvalue weighted by Crippen LogP contribution is 2.29. The standard InChI is InChI=1S/C10H12BrClN2O2S2/c1-7-6-17-3-2-14(7)18(15,16)9-4-8(11)5-13-10(9)12/h4-5,7H,2-3,6H2,1H3. The Morgan fingerprint density at radius 3 is 3.00 bits per heavy atom. The summed E-state index contributed by atoms with van der Waals surface area (Å²) in [4.78, 5) is 3.94. The summed E-state index contributed by atoms with van der Waals surface area (Å²) in [6, 6.07) is 1.47. The summed E-state index contributed by atoms with van der Waals surface area (Å²) in [7, 11) is -3.57. The van der Waals surface area contributed by atoms with Crippen LogP contribution in [0.3, 0.4) is 0 Å². The SMILES string of the molecule is CC1CSCCN1S(=O)(=O)c1cc(Br)cnc1Cl. The van der Waals surface area contributed by atoms with Crippen molar-refractivity contribution < 1.29 is 8.42 Å². The van der Waals surface area contributed by atoms with Crippen LogP contribution in [0, 0.1) is 0 Å². The van der Waals surface area contributed by atoms with E-state index in [4.69, 9.17) is 11.6 Å². The molecular formula is C10H12BrClN2O2S2. The minimum Gasteiger partial charge on any atom is -0.242 e. The highest BCUT2D eigenvalue weighted by Gasteiger charge is 2.33. The van der Waals surface area contributed by atoms with Crippen molar-refractivity contribution >= 4 is 49.3 Å². The fraction of sp³-hybridized carbons (Fsp3) is 0.500. The van der Waals surface area contributed by atoms with Gasteiger partial charge in [0.25, 0.3) is 0 Å². The molecule has 1 unspecified atom stereocenters. The molecule has 1 atom stereocenters. The summed E-state index contributed by atoms with van der Waals surface area (Å²) in [5, 5.41) is 0.0172. The number of sulfonamides is 1. The summed E-state index contributed by atoms with van der Waals surface area (Å²) in [6.45, 7) is 2.42. The van der Waals surface area contributed by atoms with Crippen LogP contribution < -0.4 is 0 Å². The molecule has 1 saturated heterocycles. The zero-order chi connectivity index (χ0) is 13.3. The molecule has 0 saturated carbocycles. The largest absolute Gasteiger partial charge is 0.246 e. The topological polar surface area (TPSA) is 50.3 Å². The summed E-state index contributed by atoms with van der Waals surface area (Å²) in [5.74, 6) is 1.61. The smallest absolute Gasteiger partial charge is 0.242 e. The van der Waals surface area contributed by atoms with Crippen molar-refractivity contribution in [1.29, 1.82) is 0 Å². The molecule has 18 heavy (non-hydrogen) atoms. The molecule has 1 fully saturated rings. The van der Waals surface area contributed by atoms with E-state index >= 15 is 0 Å². The Morgan fingerprint density at radius 2 is 2.33 bits per heavy atom. The van der Waals surface area contributed by atoms with Gasteiger partial charge >= 0.3 is 0 Å². The molecule has 2 heterocycles. The Morgan fingerprint density at radius 1 is 1.61 bits per heavy atom. The van der Waals surface area contributed by atoms with Gasteiger partial charge < -0.3 is 0 Å². The second-order valence-corrected chi connectivity index (χ2v) is 8.26. The molecule has 8 heteroatoms. The predicted molar refractivity (Wildman–Crippen MR) is 77.6 cm³/mol. The Labute approximate surface area is 124 Å². The number of aromatic nitrogens is 1. The summed E-state index contributed by atoms with van der Waals surface area (Å²) in [6.07, 6.45) is 1.48. The monoisotopic (exact) mass is 370 g/mol. The maximum atomic E-state index is 12.5. The van der Waals surface area contributed by atoms with Crippen molar-refractivity contribution in [2.45, 2.75) is 17.9 Å². The molecule has 0 bridgehead atoms. The van der Waals surface area contributed by atoms with E-state index in [1.165, 1.54) is 16.6 Å². The molecule has 100 valence electrons. The number of rotatable bonds is 2. The van der Waals surface area contributed by atoms with Gasteiger partial charge in [0.05, 0.1) is 0 Å². The fourth-order valence-corrected chi connectivity index (χ4v) is 5.56. The van der Waals surface area contributed by atoms with Crippen molar-refractivity contribution in [2.24, 2.45) is 0 Å². The molecule has 1 aliphatic heterocycles. The van der Waals surface area contributed by atoms with Crippen molar-refractivity contribution in [3.63, 3.8) is 0 Å². The molecule has 0 spiro atoms. The van der Waals surface area contributed by atoms with Crippen LogP contribution in [-0.2, 0) is 10.0 Å². The van der Waals surface area contributed by atoms with Gasteiger partial charge in [-0.2, -0.15) is 16.1 Å². The Bertz CT molecular complexity index is 553. The zero-order valence-corrected chi connectivity index (χ0v) is 13.6. The van der Waals surface area contributed by atoms with E-state index in [1.54, 1.807) is 11.8 Å². The van der Waals surface area contributed by atoms with Crippen LogP contribution in [0.1, 0.15) is 6.92 Å². The van der Waals surface area contributed by atoms with E-state index in [1.807, 2.05) is 6.92 Å². The molecule has 0 aromatic carbocycles. The first-order valence-electron chi connectivity index (χ1n) is 5.33. The minimum atomic E-state index is -3.57. The molecule has 2 rings (SSSR count). The van der Waals surface area contributed by atoms with Gasteiger partial charge in [-0.25, -0.2) is 13.4 Å². The van der Waals surface area contributed by atoms with Crippen LogP contribution in [0.2, 0.25) is 5.15 Å². The van der Waals surface area contributed by atoms with Gasteiger partial charge in [-0.3, -0.25) is 0 Å². The van der Waals surface area contributed by atoms with Crippen molar-refractivity contribution in [2.75, 3.05) is 18.1 Å². The molecular weight excluding hydrogens is 360 g/mol. The Balaban J connectivity index is 2.44. The number of pyridine rings is 1. The van der Waals surface area contributed by atoms with E-state index in [9.17, 15) is 8.42 Å². The lowest BCUT2D eigenvalue weighted by Gasteiger charge is -2.32. The van der Waals surface area contributed by atoms with Crippen LogP contribution in [-0.4, -0.2) is 41.8 Å². The van der Waals surface area contributed by atoms with E-state index in [0.717, 1.165) is 11.5 Å². The number of halogens is 2. The van der Waals surface area contributed by atoms with Crippen LogP contribution in [0.15, 0.2) is 21.6 Å². The van der Waals surface area contributed by atoms with Crippen LogP contribution in [0.25, 0.3) is 0 Å². The third-order valence-corrected chi connectivity index (χ3v) is 6.73. The van der Waals surface area contributed by atoms with Gasteiger partial charge in [-0.05, 0) is 28.9 Å². The number of hydrogen-bond acceptors (Lipinski definition) is 4. The van der Waals surface area contributed by atoms with Crippen molar-refractivity contribution in [1.82, 2.24) is 9.29 Å². The van der Waals surface area contributed by atoms with E-state index < -0.39 is 10.0 Å². The van der Waals surface area contributed by atoms with Gasteiger partial charge in [-0.1, -0.05) is 11.6 Å².